The molecular weight excluding hydrogens is 416 g/mol. The van der Waals surface area contributed by atoms with Crippen LogP contribution in [0.1, 0.15) is 52.8 Å². The average Bonchev–Trinajstić information content (AvgIpc) is 3.03. The van der Waals surface area contributed by atoms with Crippen LogP contribution in [0.15, 0.2) is 18.2 Å². The van der Waals surface area contributed by atoms with Crippen LogP contribution >= 0.6 is 0 Å². The number of hydrogen-bond acceptors (Lipinski definition) is 8. The molecule has 3 aliphatic heterocycles. The number of ether oxygens (including phenoxy) is 1. The van der Waals surface area contributed by atoms with E-state index < -0.39 is 35.6 Å². The molecule has 10 nitrogen and oxygen atoms in total. The van der Waals surface area contributed by atoms with Crippen LogP contribution in [0.4, 0.5) is 5.69 Å². The van der Waals surface area contributed by atoms with Crippen molar-refractivity contribution in [2.45, 2.75) is 38.1 Å². The van der Waals surface area contributed by atoms with Gasteiger partial charge in [0.05, 0.1) is 24.2 Å². The summed E-state index contributed by atoms with van der Waals surface area (Å²) in [7, 11) is 0. The summed E-state index contributed by atoms with van der Waals surface area (Å²) >= 11 is 0. The van der Waals surface area contributed by atoms with Gasteiger partial charge in [0.1, 0.15) is 12.6 Å². The Kier molecular flexibility index (Phi) is 6.22. The summed E-state index contributed by atoms with van der Waals surface area (Å²) in [4.78, 5) is 67.0. The summed E-state index contributed by atoms with van der Waals surface area (Å²) in [5.74, 6) is -2.71. The van der Waals surface area contributed by atoms with Gasteiger partial charge in [-0.05, 0) is 44.5 Å². The van der Waals surface area contributed by atoms with Crippen LogP contribution in [0, 0.1) is 0 Å². The normalized spacial score (nSPS) is 21.8. The van der Waals surface area contributed by atoms with E-state index in [9.17, 15) is 24.0 Å². The first-order valence-corrected chi connectivity index (χ1v) is 10.9. The summed E-state index contributed by atoms with van der Waals surface area (Å²) in [6.07, 6.45) is 3.31. The summed E-state index contributed by atoms with van der Waals surface area (Å²) < 4.78 is 5.22. The topological polar surface area (TPSA) is 130 Å². The number of carbonyl (C=O) groups excluding carboxylic acids is 5. The maximum absolute atomic E-state index is 13.0. The highest BCUT2D eigenvalue weighted by Crippen LogP contribution is 2.32. The number of amides is 4. The van der Waals surface area contributed by atoms with E-state index in [-0.39, 0.29) is 49.4 Å². The fourth-order valence-electron chi connectivity index (χ4n) is 4.50. The maximum Gasteiger partial charge on any atom is 0.320 e. The lowest BCUT2D eigenvalue weighted by Gasteiger charge is -2.34. The van der Waals surface area contributed by atoms with Crippen LogP contribution in [0.2, 0.25) is 0 Å². The first-order chi connectivity index (χ1) is 15.4. The van der Waals surface area contributed by atoms with Gasteiger partial charge in [-0.2, -0.15) is 0 Å². The summed E-state index contributed by atoms with van der Waals surface area (Å²) in [5.41, 5.74) is 6.26. The van der Waals surface area contributed by atoms with E-state index in [4.69, 9.17) is 10.5 Å². The van der Waals surface area contributed by atoms with Gasteiger partial charge in [0.15, 0.2) is 0 Å². The lowest BCUT2D eigenvalue weighted by Crippen LogP contribution is -2.56. The SMILES string of the molecule is Nc1cccc2c1C(=O)N(C1CCC(=O)N(CCOC(=O)CN3CCCCC3)C1=O)C2=O. The minimum Gasteiger partial charge on any atom is -0.463 e. The Labute approximate surface area is 185 Å². The van der Waals surface area contributed by atoms with Crippen molar-refractivity contribution in [2.24, 2.45) is 0 Å². The second-order valence-corrected chi connectivity index (χ2v) is 8.25. The zero-order chi connectivity index (χ0) is 22.8. The molecule has 3 heterocycles. The Bertz CT molecular complexity index is 971. The number of fused-ring (bicyclic) bond motifs is 1. The third-order valence-corrected chi connectivity index (χ3v) is 6.15. The Morgan fingerprint density at radius 3 is 2.53 bits per heavy atom. The predicted molar refractivity (Wildman–Crippen MR) is 112 cm³/mol. The van der Waals surface area contributed by atoms with E-state index in [1.54, 1.807) is 6.07 Å². The molecule has 32 heavy (non-hydrogen) atoms. The van der Waals surface area contributed by atoms with Gasteiger partial charge in [-0.15, -0.1) is 0 Å². The van der Waals surface area contributed by atoms with Crippen LogP contribution < -0.4 is 5.73 Å². The molecule has 2 N–H and O–H groups in total. The minimum atomic E-state index is -1.09. The molecule has 2 fully saturated rings. The number of nitrogen functional groups attached to an aromatic ring is 1. The fraction of sp³-hybridized carbons (Fsp3) is 0.500. The van der Waals surface area contributed by atoms with E-state index >= 15 is 0 Å². The molecule has 0 spiro atoms. The molecular formula is C22H26N4O6. The standard InChI is InChI=1S/C22H26N4O6/c23-15-6-4-5-14-19(15)22(31)26(20(14)29)16-7-8-17(27)25(21(16)30)11-12-32-18(28)13-24-9-2-1-3-10-24/h4-6,16H,1-3,7-13,23H2. The fourth-order valence-corrected chi connectivity index (χ4v) is 4.50. The predicted octanol–water partition coefficient (Wildman–Crippen LogP) is 0.412. The number of nitrogens with two attached hydrogens (primary N) is 1. The van der Waals surface area contributed by atoms with Crippen LogP contribution in [0.25, 0.3) is 0 Å². The number of nitrogens with zero attached hydrogens (tertiary/aromatic N) is 3. The third-order valence-electron chi connectivity index (χ3n) is 6.15. The summed E-state index contributed by atoms with van der Waals surface area (Å²) in [5, 5.41) is 0. The van der Waals surface area contributed by atoms with Gasteiger partial charge in [-0.25, -0.2) is 0 Å². The Hall–Kier alpha value is -3.27. The van der Waals surface area contributed by atoms with Gasteiger partial charge in [0, 0.05) is 12.1 Å². The molecule has 0 aromatic heterocycles. The molecule has 3 aliphatic rings. The first kappa shape index (κ1) is 21.9. The van der Waals surface area contributed by atoms with Gasteiger partial charge in [-0.1, -0.05) is 12.5 Å². The molecule has 170 valence electrons. The molecule has 1 aromatic carbocycles. The van der Waals surface area contributed by atoms with E-state index in [1.807, 2.05) is 4.90 Å². The molecule has 10 heteroatoms. The van der Waals surface area contributed by atoms with Crippen molar-refractivity contribution in [1.82, 2.24) is 14.7 Å². The number of piperidine rings is 2. The number of esters is 1. The molecule has 0 aliphatic carbocycles. The number of hydrogen-bond donors (Lipinski definition) is 1. The van der Waals surface area contributed by atoms with Crippen molar-refractivity contribution in [3.63, 3.8) is 0 Å². The van der Waals surface area contributed by atoms with E-state index in [1.165, 1.54) is 12.1 Å². The quantitative estimate of drug-likeness (QED) is 0.381. The van der Waals surface area contributed by atoms with E-state index in [0.29, 0.717) is 0 Å². The highest BCUT2D eigenvalue weighted by molar-refractivity contribution is 6.25. The van der Waals surface area contributed by atoms with E-state index in [0.717, 1.165) is 42.2 Å². The van der Waals surface area contributed by atoms with Gasteiger partial charge >= 0.3 is 5.97 Å². The van der Waals surface area contributed by atoms with Crippen LogP contribution in [-0.2, 0) is 19.1 Å². The van der Waals surface area contributed by atoms with Crippen LogP contribution in [0.5, 0.6) is 0 Å². The molecule has 0 radical (unpaired) electrons. The third kappa shape index (κ3) is 4.10. The number of rotatable bonds is 6. The highest BCUT2D eigenvalue weighted by Gasteiger charge is 2.47. The zero-order valence-electron chi connectivity index (χ0n) is 17.7. The Morgan fingerprint density at radius 2 is 1.81 bits per heavy atom. The molecule has 4 rings (SSSR count). The maximum atomic E-state index is 13.0. The Balaban J connectivity index is 1.37. The number of anilines is 1. The van der Waals surface area contributed by atoms with Crippen molar-refractivity contribution in [2.75, 3.05) is 38.5 Å². The zero-order valence-corrected chi connectivity index (χ0v) is 17.7. The average molecular weight is 442 g/mol. The number of likely N-dealkylation sites (tertiary alicyclic amines) is 2. The van der Waals surface area contributed by atoms with Crippen molar-refractivity contribution in [1.29, 1.82) is 0 Å². The van der Waals surface area contributed by atoms with Crippen LogP contribution in [0.3, 0.4) is 0 Å². The molecule has 0 saturated carbocycles. The Morgan fingerprint density at radius 1 is 1.06 bits per heavy atom. The van der Waals surface area contributed by atoms with Crippen molar-refractivity contribution in [3.05, 3.63) is 29.3 Å². The molecule has 1 atom stereocenters. The smallest absolute Gasteiger partial charge is 0.320 e. The minimum absolute atomic E-state index is 0.00101. The van der Waals surface area contributed by atoms with Crippen molar-refractivity contribution in [3.8, 4) is 0 Å². The number of benzene rings is 1. The lowest BCUT2D eigenvalue weighted by atomic mass is 10.0. The second-order valence-electron chi connectivity index (χ2n) is 8.25. The van der Waals surface area contributed by atoms with Gasteiger partial charge in [-0.3, -0.25) is 38.7 Å². The van der Waals surface area contributed by atoms with Gasteiger partial charge in [0.25, 0.3) is 17.7 Å². The van der Waals surface area contributed by atoms with Gasteiger partial charge < -0.3 is 10.5 Å². The molecule has 4 amide bonds. The van der Waals surface area contributed by atoms with Crippen molar-refractivity contribution >= 4 is 35.3 Å². The molecule has 2 saturated heterocycles. The van der Waals surface area contributed by atoms with Crippen LogP contribution in [-0.4, -0.2) is 83.1 Å². The monoisotopic (exact) mass is 442 g/mol. The molecule has 1 aromatic rings. The van der Waals surface area contributed by atoms with Crippen molar-refractivity contribution < 1.29 is 28.7 Å². The molecule has 0 bridgehead atoms. The number of carbonyl (C=O) groups is 5. The molecule has 1 unspecified atom stereocenters. The lowest BCUT2D eigenvalue weighted by molar-refractivity contribution is -0.156. The van der Waals surface area contributed by atoms with E-state index in [2.05, 4.69) is 0 Å². The number of imide groups is 2. The largest absolute Gasteiger partial charge is 0.463 e. The first-order valence-electron chi connectivity index (χ1n) is 10.9. The summed E-state index contributed by atoms with van der Waals surface area (Å²) in [6, 6.07) is 3.48. The highest BCUT2D eigenvalue weighted by atomic mass is 16.5. The summed E-state index contributed by atoms with van der Waals surface area (Å²) in [6.45, 7) is 1.63. The van der Waals surface area contributed by atoms with Gasteiger partial charge in [0.2, 0.25) is 5.91 Å². The second kappa shape index (κ2) is 9.07.